The summed E-state index contributed by atoms with van der Waals surface area (Å²) in [6.45, 7) is 2.45. The van der Waals surface area contributed by atoms with Gasteiger partial charge in [0.2, 0.25) is 5.91 Å². The van der Waals surface area contributed by atoms with Gasteiger partial charge in [0, 0.05) is 6.54 Å². The number of nitrogens with one attached hydrogen (secondary N) is 1. The van der Waals surface area contributed by atoms with E-state index in [4.69, 9.17) is 0 Å². The molecule has 0 spiro atoms. The van der Waals surface area contributed by atoms with Crippen LogP contribution in [-0.4, -0.2) is 22.9 Å². The molecule has 0 saturated carbocycles. The van der Waals surface area contributed by atoms with Crippen LogP contribution in [-0.2, 0) is 11.2 Å². The van der Waals surface area contributed by atoms with Crippen LogP contribution in [0.2, 0.25) is 0 Å². The summed E-state index contributed by atoms with van der Waals surface area (Å²) in [5, 5.41) is 3.34. The van der Waals surface area contributed by atoms with Gasteiger partial charge in [0.05, 0.1) is 5.25 Å². The fourth-order valence-electron chi connectivity index (χ4n) is 1.47. The van der Waals surface area contributed by atoms with Crippen LogP contribution < -0.4 is 5.32 Å². The minimum absolute atomic E-state index is 0.00975. The summed E-state index contributed by atoms with van der Waals surface area (Å²) >= 11 is 1.44. The van der Waals surface area contributed by atoms with Gasteiger partial charge >= 0.3 is 0 Å². The van der Waals surface area contributed by atoms with Crippen LogP contribution in [0, 0.1) is 5.82 Å². The maximum atomic E-state index is 12.7. The highest BCUT2D eigenvalue weighted by molar-refractivity contribution is 8.15. The van der Waals surface area contributed by atoms with Crippen molar-refractivity contribution in [2.45, 2.75) is 18.6 Å². The molecule has 17 heavy (non-hydrogen) atoms. The Morgan fingerprint density at radius 3 is 2.71 bits per heavy atom. The van der Waals surface area contributed by atoms with Crippen molar-refractivity contribution in [3.05, 3.63) is 35.6 Å². The monoisotopic (exact) mass is 252 g/mol. The average Bonchev–Trinajstić information content (AvgIpc) is 2.61. The van der Waals surface area contributed by atoms with E-state index in [2.05, 4.69) is 10.3 Å². The molecule has 90 valence electrons. The predicted octanol–water partition coefficient (Wildman–Crippen LogP) is 1.98. The molecule has 2 rings (SSSR count). The van der Waals surface area contributed by atoms with Crippen LogP contribution in [0.25, 0.3) is 0 Å². The molecule has 1 atom stereocenters. The molecule has 0 aromatic heterocycles. The van der Waals surface area contributed by atoms with Gasteiger partial charge in [-0.2, -0.15) is 0 Å². The molecular formula is C12H13FN2OS. The molecule has 1 N–H and O–H groups in total. The van der Waals surface area contributed by atoms with Crippen LogP contribution in [0.3, 0.4) is 0 Å². The number of nitrogens with zero attached hydrogens (tertiary/aromatic N) is 1. The Morgan fingerprint density at radius 1 is 1.41 bits per heavy atom. The second kappa shape index (κ2) is 5.31. The Morgan fingerprint density at radius 2 is 2.12 bits per heavy atom. The fourth-order valence-corrected chi connectivity index (χ4v) is 2.30. The largest absolute Gasteiger partial charge is 0.304 e. The van der Waals surface area contributed by atoms with Crippen LogP contribution in [0.4, 0.5) is 4.39 Å². The van der Waals surface area contributed by atoms with E-state index in [1.807, 2.05) is 6.92 Å². The molecule has 1 amide bonds. The summed E-state index contributed by atoms with van der Waals surface area (Å²) in [5.74, 6) is -0.219. The van der Waals surface area contributed by atoms with Crippen LogP contribution in [0.1, 0.15) is 12.5 Å². The summed E-state index contributed by atoms with van der Waals surface area (Å²) in [6.07, 6.45) is 0.745. The lowest BCUT2D eigenvalue weighted by Crippen LogP contribution is -2.23. The highest BCUT2D eigenvalue weighted by atomic mass is 32.2. The van der Waals surface area contributed by atoms with Gasteiger partial charge in [0.25, 0.3) is 0 Å². The molecule has 5 heteroatoms. The van der Waals surface area contributed by atoms with Crippen molar-refractivity contribution < 1.29 is 9.18 Å². The van der Waals surface area contributed by atoms with E-state index < -0.39 is 0 Å². The number of rotatable bonds is 3. The van der Waals surface area contributed by atoms with Crippen molar-refractivity contribution in [1.82, 2.24) is 5.32 Å². The van der Waals surface area contributed by atoms with E-state index >= 15 is 0 Å². The fraction of sp³-hybridized carbons (Fsp3) is 0.333. The van der Waals surface area contributed by atoms with Gasteiger partial charge in [-0.05, 0) is 31.0 Å². The number of aliphatic imine (C=N–C) groups is 1. The van der Waals surface area contributed by atoms with Gasteiger partial charge in [0.15, 0.2) is 5.17 Å². The van der Waals surface area contributed by atoms with Gasteiger partial charge in [-0.1, -0.05) is 23.9 Å². The minimum atomic E-state index is -0.229. The molecular weight excluding hydrogens is 239 g/mol. The third-order valence-corrected chi connectivity index (χ3v) is 3.48. The van der Waals surface area contributed by atoms with Gasteiger partial charge in [-0.15, -0.1) is 0 Å². The lowest BCUT2D eigenvalue weighted by molar-refractivity contribution is -0.118. The summed E-state index contributed by atoms with van der Waals surface area (Å²) in [5.41, 5.74) is 1.04. The summed E-state index contributed by atoms with van der Waals surface area (Å²) < 4.78 is 12.7. The number of hydrogen-bond acceptors (Lipinski definition) is 3. The lowest BCUT2D eigenvalue weighted by atomic mass is 10.1. The summed E-state index contributed by atoms with van der Waals surface area (Å²) in [4.78, 5) is 15.5. The normalized spacial score (nSPS) is 21.9. The molecule has 0 unspecified atom stereocenters. The van der Waals surface area contributed by atoms with Gasteiger partial charge in [-0.25, -0.2) is 4.39 Å². The van der Waals surface area contributed by atoms with Crippen LogP contribution in [0.15, 0.2) is 29.3 Å². The quantitative estimate of drug-likeness (QED) is 0.893. The predicted molar refractivity (Wildman–Crippen MR) is 67.6 cm³/mol. The standard InChI is InChI=1S/C12H13FN2OS/c1-8-11(16)15-12(17-8)14-7-6-9-2-4-10(13)5-3-9/h2-5,8H,6-7H2,1H3,(H,14,15,16)/t8-/m0/s1. The molecule has 1 aliphatic rings. The maximum Gasteiger partial charge on any atom is 0.239 e. The lowest BCUT2D eigenvalue weighted by Gasteiger charge is -1.99. The Labute approximate surface area is 104 Å². The number of halogens is 1. The SMILES string of the molecule is C[C@@H]1SC(=NCCc2ccc(F)cc2)NC1=O. The second-order valence-electron chi connectivity index (χ2n) is 3.81. The first kappa shape index (κ1) is 12.1. The number of thioether (sulfide) groups is 1. The number of carbonyl (C=O) groups excluding carboxylic acids is 1. The smallest absolute Gasteiger partial charge is 0.239 e. The molecule has 1 heterocycles. The average molecular weight is 252 g/mol. The molecule has 0 radical (unpaired) electrons. The van der Waals surface area contributed by atoms with Crippen molar-refractivity contribution in [3.63, 3.8) is 0 Å². The molecule has 1 aromatic carbocycles. The molecule has 0 bridgehead atoms. The van der Waals surface area contributed by atoms with Gasteiger partial charge < -0.3 is 5.32 Å². The second-order valence-corrected chi connectivity index (χ2v) is 5.14. The third kappa shape index (κ3) is 3.30. The zero-order valence-electron chi connectivity index (χ0n) is 9.44. The Balaban J connectivity index is 1.85. The maximum absolute atomic E-state index is 12.7. The first-order chi connectivity index (χ1) is 8.15. The van der Waals surface area contributed by atoms with Crippen molar-refractivity contribution in [2.75, 3.05) is 6.54 Å². The van der Waals surface area contributed by atoms with Gasteiger partial charge in [-0.3, -0.25) is 9.79 Å². The van der Waals surface area contributed by atoms with Crippen molar-refractivity contribution >= 4 is 22.8 Å². The number of amides is 1. The van der Waals surface area contributed by atoms with Crippen molar-refractivity contribution in [3.8, 4) is 0 Å². The van der Waals surface area contributed by atoms with Crippen LogP contribution in [0.5, 0.6) is 0 Å². The van der Waals surface area contributed by atoms with E-state index in [0.29, 0.717) is 11.7 Å². The number of amidine groups is 1. The van der Waals surface area contributed by atoms with Gasteiger partial charge in [0.1, 0.15) is 5.82 Å². The van der Waals surface area contributed by atoms with E-state index in [0.717, 1.165) is 12.0 Å². The zero-order chi connectivity index (χ0) is 12.3. The summed E-state index contributed by atoms with van der Waals surface area (Å²) in [7, 11) is 0. The summed E-state index contributed by atoms with van der Waals surface area (Å²) in [6, 6.07) is 6.38. The number of benzene rings is 1. The van der Waals surface area contributed by atoms with E-state index in [9.17, 15) is 9.18 Å². The highest BCUT2D eigenvalue weighted by Crippen LogP contribution is 2.18. The molecule has 0 aliphatic carbocycles. The number of hydrogen-bond donors (Lipinski definition) is 1. The Bertz CT molecular complexity index is 444. The molecule has 1 fully saturated rings. The minimum Gasteiger partial charge on any atom is -0.304 e. The molecule has 1 aromatic rings. The molecule has 1 aliphatic heterocycles. The Kier molecular flexibility index (Phi) is 3.78. The topological polar surface area (TPSA) is 41.5 Å². The first-order valence-electron chi connectivity index (χ1n) is 5.41. The van der Waals surface area contributed by atoms with Crippen molar-refractivity contribution in [1.29, 1.82) is 0 Å². The van der Waals surface area contributed by atoms with E-state index in [1.54, 1.807) is 12.1 Å². The number of carbonyl (C=O) groups is 1. The Hall–Kier alpha value is -1.36. The molecule has 1 saturated heterocycles. The first-order valence-corrected chi connectivity index (χ1v) is 6.29. The van der Waals surface area contributed by atoms with E-state index in [-0.39, 0.29) is 17.0 Å². The third-order valence-electron chi connectivity index (χ3n) is 2.46. The van der Waals surface area contributed by atoms with E-state index in [1.165, 1.54) is 23.9 Å². The van der Waals surface area contributed by atoms with Crippen molar-refractivity contribution in [2.24, 2.45) is 4.99 Å². The zero-order valence-corrected chi connectivity index (χ0v) is 10.3. The molecule has 3 nitrogen and oxygen atoms in total. The van der Waals surface area contributed by atoms with Crippen LogP contribution >= 0.6 is 11.8 Å². The highest BCUT2D eigenvalue weighted by Gasteiger charge is 2.25.